The van der Waals surface area contributed by atoms with Crippen LogP contribution in [0.5, 0.6) is 0 Å². The number of ether oxygens (including phenoxy) is 2. The van der Waals surface area contributed by atoms with Crippen LogP contribution in [0.1, 0.15) is 33.6 Å². The van der Waals surface area contributed by atoms with Crippen molar-refractivity contribution in [3.8, 4) is 0 Å². The summed E-state index contributed by atoms with van der Waals surface area (Å²) in [6.45, 7) is 6.31. The van der Waals surface area contributed by atoms with E-state index in [2.05, 4.69) is 18.6 Å². The molecule has 0 aliphatic rings. The average molecular weight is 276 g/mol. The zero-order valence-electron chi connectivity index (χ0n) is 11.9. The summed E-state index contributed by atoms with van der Waals surface area (Å²) in [4.78, 5) is 22.7. The second-order valence-electron chi connectivity index (χ2n) is 4.75. The van der Waals surface area contributed by atoms with Crippen LogP contribution in [-0.2, 0) is 19.1 Å². The topological polar surface area (TPSA) is 52.6 Å². The van der Waals surface area contributed by atoms with Crippen molar-refractivity contribution in [2.24, 2.45) is 11.8 Å². The Kier molecular flexibility index (Phi) is 8.89. The standard InChI is InChI=1S/C13H24O4S/c1-9(2)8-10(3)12(13(15)17-5)18-7-6-11(14)16-4/h9-10,12H,6-8H2,1-5H3. The van der Waals surface area contributed by atoms with Crippen LogP contribution in [0.15, 0.2) is 0 Å². The lowest BCUT2D eigenvalue weighted by Gasteiger charge is -2.22. The monoisotopic (exact) mass is 276 g/mol. The van der Waals surface area contributed by atoms with Crippen LogP contribution >= 0.6 is 11.8 Å². The Labute approximate surface area is 114 Å². The Morgan fingerprint density at radius 3 is 2.17 bits per heavy atom. The van der Waals surface area contributed by atoms with Crippen molar-refractivity contribution in [3.05, 3.63) is 0 Å². The maximum atomic E-state index is 11.7. The number of carbonyl (C=O) groups excluding carboxylic acids is 2. The molecule has 0 N–H and O–H groups in total. The van der Waals surface area contributed by atoms with Gasteiger partial charge in [0.2, 0.25) is 0 Å². The van der Waals surface area contributed by atoms with Gasteiger partial charge < -0.3 is 9.47 Å². The lowest BCUT2D eigenvalue weighted by molar-refractivity contribution is -0.141. The quantitative estimate of drug-likeness (QED) is 0.638. The van der Waals surface area contributed by atoms with Crippen molar-refractivity contribution in [1.82, 2.24) is 0 Å². The van der Waals surface area contributed by atoms with Gasteiger partial charge in [0, 0.05) is 5.75 Å². The molecule has 2 atom stereocenters. The molecule has 0 aromatic carbocycles. The highest BCUT2D eigenvalue weighted by Crippen LogP contribution is 2.26. The molecule has 0 spiro atoms. The fourth-order valence-electron chi connectivity index (χ4n) is 1.82. The number of methoxy groups -OCH3 is 2. The minimum atomic E-state index is -0.248. The van der Waals surface area contributed by atoms with Gasteiger partial charge in [0.1, 0.15) is 5.25 Å². The van der Waals surface area contributed by atoms with Crippen LogP contribution in [0.4, 0.5) is 0 Å². The van der Waals surface area contributed by atoms with Gasteiger partial charge in [-0.25, -0.2) is 0 Å². The molecule has 0 saturated carbocycles. The number of hydrogen-bond donors (Lipinski definition) is 0. The predicted molar refractivity (Wildman–Crippen MR) is 73.5 cm³/mol. The van der Waals surface area contributed by atoms with E-state index in [1.165, 1.54) is 26.0 Å². The van der Waals surface area contributed by atoms with E-state index in [0.29, 0.717) is 18.1 Å². The van der Waals surface area contributed by atoms with E-state index < -0.39 is 0 Å². The normalized spacial score (nSPS) is 14.1. The lowest BCUT2D eigenvalue weighted by atomic mass is 9.96. The summed E-state index contributed by atoms with van der Waals surface area (Å²) in [5, 5.41) is -0.206. The highest BCUT2D eigenvalue weighted by molar-refractivity contribution is 8.00. The van der Waals surface area contributed by atoms with Gasteiger partial charge in [-0.1, -0.05) is 20.8 Å². The molecule has 106 valence electrons. The van der Waals surface area contributed by atoms with E-state index in [0.717, 1.165) is 6.42 Å². The molecule has 0 aliphatic heterocycles. The third kappa shape index (κ3) is 6.89. The summed E-state index contributed by atoms with van der Waals surface area (Å²) in [6.07, 6.45) is 1.29. The molecular weight excluding hydrogens is 252 g/mol. The first kappa shape index (κ1) is 17.3. The summed E-state index contributed by atoms with van der Waals surface area (Å²) in [5.74, 6) is 0.892. The number of esters is 2. The van der Waals surface area contributed by atoms with E-state index >= 15 is 0 Å². The number of thioether (sulfide) groups is 1. The first-order chi connectivity index (χ1) is 8.42. The molecule has 0 radical (unpaired) electrons. The fourth-order valence-corrected chi connectivity index (χ4v) is 3.03. The summed E-state index contributed by atoms with van der Waals surface area (Å²) in [7, 11) is 2.77. The molecule has 0 rings (SSSR count). The molecule has 5 heteroatoms. The summed E-state index contributed by atoms with van der Waals surface area (Å²) >= 11 is 1.47. The largest absolute Gasteiger partial charge is 0.469 e. The van der Waals surface area contributed by atoms with Crippen LogP contribution in [0.25, 0.3) is 0 Å². The fraction of sp³-hybridized carbons (Fsp3) is 0.846. The van der Waals surface area contributed by atoms with Gasteiger partial charge in [-0.15, -0.1) is 11.8 Å². The van der Waals surface area contributed by atoms with Gasteiger partial charge >= 0.3 is 11.9 Å². The Hall–Kier alpha value is -0.710. The average Bonchev–Trinajstić information content (AvgIpc) is 2.32. The molecule has 0 fully saturated rings. The number of rotatable bonds is 8. The third-order valence-corrected chi connectivity index (χ3v) is 4.08. The van der Waals surface area contributed by atoms with Gasteiger partial charge in [-0.2, -0.15) is 0 Å². The molecule has 0 aromatic heterocycles. The first-order valence-electron chi connectivity index (χ1n) is 6.18. The highest BCUT2D eigenvalue weighted by Gasteiger charge is 2.27. The second kappa shape index (κ2) is 9.25. The molecule has 0 amide bonds. The zero-order chi connectivity index (χ0) is 14.1. The Balaban J connectivity index is 4.31. The van der Waals surface area contributed by atoms with Crippen LogP contribution in [0, 0.1) is 11.8 Å². The van der Waals surface area contributed by atoms with Crippen molar-refractivity contribution in [2.45, 2.75) is 38.9 Å². The van der Waals surface area contributed by atoms with E-state index in [-0.39, 0.29) is 23.1 Å². The van der Waals surface area contributed by atoms with Gasteiger partial charge in [0.25, 0.3) is 0 Å². The molecule has 18 heavy (non-hydrogen) atoms. The van der Waals surface area contributed by atoms with Gasteiger partial charge in [0.15, 0.2) is 0 Å². The van der Waals surface area contributed by atoms with E-state index in [9.17, 15) is 9.59 Å². The predicted octanol–water partition coefficient (Wildman–Crippen LogP) is 2.51. The highest BCUT2D eigenvalue weighted by atomic mass is 32.2. The van der Waals surface area contributed by atoms with Crippen LogP contribution < -0.4 is 0 Å². The van der Waals surface area contributed by atoms with Crippen LogP contribution in [-0.4, -0.2) is 37.2 Å². The molecular formula is C13H24O4S. The first-order valence-corrected chi connectivity index (χ1v) is 7.23. The van der Waals surface area contributed by atoms with Gasteiger partial charge in [-0.3, -0.25) is 9.59 Å². The molecule has 0 aliphatic carbocycles. The van der Waals surface area contributed by atoms with Crippen molar-refractivity contribution in [1.29, 1.82) is 0 Å². The SMILES string of the molecule is COC(=O)CCSC(C(=O)OC)C(C)CC(C)C. The zero-order valence-corrected chi connectivity index (χ0v) is 12.7. The van der Waals surface area contributed by atoms with Crippen molar-refractivity contribution < 1.29 is 19.1 Å². The smallest absolute Gasteiger partial charge is 0.319 e. The number of carbonyl (C=O) groups is 2. The van der Waals surface area contributed by atoms with Gasteiger partial charge in [-0.05, 0) is 18.3 Å². The summed E-state index contributed by atoms with van der Waals surface area (Å²) in [5.41, 5.74) is 0. The minimum absolute atomic E-state index is 0.206. The Morgan fingerprint density at radius 1 is 1.11 bits per heavy atom. The van der Waals surface area contributed by atoms with Crippen molar-refractivity contribution in [2.75, 3.05) is 20.0 Å². The molecule has 0 saturated heterocycles. The second-order valence-corrected chi connectivity index (χ2v) is 6.00. The van der Waals surface area contributed by atoms with E-state index in [4.69, 9.17) is 4.74 Å². The lowest BCUT2D eigenvalue weighted by Crippen LogP contribution is -2.28. The molecule has 2 unspecified atom stereocenters. The Morgan fingerprint density at radius 2 is 1.72 bits per heavy atom. The molecule has 0 heterocycles. The Bertz CT molecular complexity index is 266. The minimum Gasteiger partial charge on any atom is -0.469 e. The van der Waals surface area contributed by atoms with Crippen LogP contribution in [0.2, 0.25) is 0 Å². The maximum absolute atomic E-state index is 11.7. The van der Waals surface area contributed by atoms with Crippen LogP contribution in [0.3, 0.4) is 0 Å². The van der Waals surface area contributed by atoms with Gasteiger partial charge in [0.05, 0.1) is 20.6 Å². The molecule has 4 nitrogen and oxygen atoms in total. The third-order valence-electron chi connectivity index (χ3n) is 2.62. The maximum Gasteiger partial charge on any atom is 0.319 e. The van der Waals surface area contributed by atoms with Crippen molar-refractivity contribution in [3.63, 3.8) is 0 Å². The van der Waals surface area contributed by atoms with Crippen molar-refractivity contribution >= 4 is 23.7 Å². The molecule has 0 bridgehead atoms. The number of hydrogen-bond acceptors (Lipinski definition) is 5. The summed E-state index contributed by atoms with van der Waals surface area (Å²) < 4.78 is 9.40. The van der Waals surface area contributed by atoms with E-state index in [1.807, 2.05) is 6.92 Å². The van der Waals surface area contributed by atoms with E-state index in [1.54, 1.807) is 0 Å². The summed E-state index contributed by atoms with van der Waals surface area (Å²) in [6, 6.07) is 0. The molecule has 0 aromatic rings.